The highest BCUT2D eigenvalue weighted by molar-refractivity contribution is 7.84. The summed E-state index contributed by atoms with van der Waals surface area (Å²) in [7, 11) is -1.01. The Hall–Kier alpha value is -0.680. The van der Waals surface area contributed by atoms with Crippen LogP contribution in [-0.4, -0.2) is 20.5 Å². The lowest BCUT2D eigenvalue weighted by atomic mass is 10.2. The Morgan fingerprint density at radius 2 is 2.12 bits per heavy atom. The van der Waals surface area contributed by atoms with Gasteiger partial charge in [0.25, 0.3) is 0 Å². The van der Waals surface area contributed by atoms with Gasteiger partial charge in [-0.25, -0.2) is 4.79 Å². The monoisotopic (exact) mass is 260 g/mol. The average molecular weight is 260 g/mol. The molecule has 2 unspecified atom stereocenters. The fourth-order valence-electron chi connectivity index (χ4n) is 1.23. The van der Waals surface area contributed by atoms with Crippen LogP contribution < -0.4 is 0 Å². The molecule has 1 rings (SSSR count). The van der Waals surface area contributed by atoms with Gasteiger partial charge in [-0.15, -0.1) is 11.3 Å². The Morgan fingerprint density at radius 1 is 1.50 bits per heavy atom. The summed E-state index contributed by atoms with van der Waals surface area (Å²) in [5.74, 6) is -0.253. The molecular weight excluding hydrogens is 244 g/mol. The molecule has 0 bridgehead atoms. The van der Waals surface area contributed by atoms with Crippen molar-refractivity contribution >= 4 is 28.1 Å². The standard InChI is InChI=1S/C11H16O3S2/c1-7(2)8(3)16(14)6-9-4-5-15-10(9)11(12)13/h4-5,7-8H,6H2,1-3H3,(H,12,13). The molecule has 0 radical (unpaired) electrons. The minimum Gasteiger partial charge on any atom is -0.477 e. The Morgan fingerprint density at radius 3 is 2.62 bits per heavy atom. The van der Waals surface area contributed by atoms with Gasteiger partial charge in [0.05, 0.1) is 5.75 Å². The highest BCUT2D eigenvalue weighted by Crippen LogP contribution is 2.21. The Labute approximate surface area is 102 Å². The largest absolute Gasteiger partial charge is 0.477 e. The van der Waals surface area contributed by atoms with Gasteiger partial charge in [0, 0.05) is 16.0 Å². The van der Waals surface area contributed by atoms with Gasteiger partial charge in [-0.2, -0.15) is 0 Å². The Balaban J connectivity index is 2.77. The summed E-state index contributed by atoms with van der Waals surface area (Å²) in [5, 5.41) is 10.7. The lowest BCUT2D eigenvalue weighted by molar-refractivity contribution is 0.0701. The van der Waals surface area contributed by atoms with Crippen molar-refractivity contribution in [3.63, 3.8) is 0 Å². The second kappa shape index (κ2) is 5.59. The van der Waals surface area contributed by atoms with Crippen LogP contribution in [0.4, 0.5) is 0 Å². The van der Waals surface area contributed by atoms with E-state index in [4.69, 9.17) is 5.11 Å². The third-order valence-electron chi connectivity index (χ3n) is 2.59. The van der Waals surface area contributed by atoms with Crippen LogP contribution in [-0.2, 0) is 16.6 Å². The van der Waals surface area contributed by atoms with Crippen LogP contribution >= 0.6 is 11.3 Å². The normalized spacial score (nSPS) is 15.0. The van der Waals surface area contributed by atoms with E-state index in [1.54, 1.807) is 11.4 Å². The van der Waals surface area contributed by atoms with Gasteiger partial charge in [0.1, 0.15) is 4.88 Å². The van der Waals surface area contributed by atoms with Gasteiger partial charge in [-0.1, -0.05) is 20.8 Å². The maximum Gasteiger partial charge on any atom is 0.346 e. The first-order valence-electron chi connectivity index (χ1n) is 5.10. The zero-order valence-electron chi connectivity index (χ0n) is 9.60. The molecule has 0 aliphatic rings. The van der Waals surface area contributed by atoms with E-state index in [0.717, 1.165) is 0 Å². The lowest BCUT2D eigenvalue weighted by Crippen LogP contribution is -2.19. The van der Waals surface area contributed by atoms with Gasteiger partial charge < -0.3 is 5.11 Å². The van der Waals surface area contributed by atoms with E-state index in [1.165, 1.54) is 11.3 Å². The van der Waals surface area contributed by atoms with Crippen LogP contribution in [0.3, 0.4) is 0 Å². The van der Waals surface area contributed by atoms with Crippen LogP contribution in [0.2, 0.25) is 0 Å². The van der Waals surface area contributed by atoms with Crippen molar-refractivity contribution < 1.29 is 14.1 Å². The van der Waals surface area contributed by atoms with E-state index in [0.29, 0.717) is 22.1 Å². The molecule has 1 aromatic heterocycles. The van der Waals surface area contributed by atoms with Crippen LogP contribution in [0, 0.1) is 5.92 Å². The van der Waals surface area contributed by atoms with Crippen LogP contribution in [0.1, 0.15) is 36.0 Å². The number of carboxylic acids is 1. The van der Waals surface area contributed by atoms with Gasteiger partial charge >= 0.3 is 5.97 Å². The predicted octanol–water partition coefficient (Wildman–Crippen LogP) is 2.74. The molecule has 0 aromatic carbocycles. The van der Waals surface area contributed by atoms with E-state index < -0.39 is 16.8 Å². The van der Waals surface area contributed by atoms with Gasteiger partial charge in [-0.05, 0) is 22.9 Å². The number of rotatable bonds is 5. The minimum atomic E-state index is -1.01. The van der Waals surface area contributed by atoms with Crippen molar-refractivity contribution in [2.75, 3.05) is 0 Å². The van der Waals surface area contributed by atoms with E-state index >= 15 is 0 Å². The fraction of sp³-hybridized carbons (Fsp3) is 0.545. The van der Waals surface area contributed by atoms with Crippen LogP contribution in [0.5, 0.6) is 0 Å². The molecule has 0 amide bonds. The fourth-order valence-corrected chi connectivity index (χ4v) is 3.49. The quantitative estimate of drug-likeness (QED) is 0.885. The number of hydrogen-bond donors (Lipinski definition) is 1. The summed E-state index contributed by atoms with van der Waals surface area (Å²) >= 11 is 1.19. The minimum absolute atomic E-state index is 0.0848. The summed E-state index contributed by atoms with van der Waals surface area (Å²) in [6.45, 7) is 5.98. The summed E-state index contributed by atoms with van der Waals surface area (Å²) < 4.78 is 11.9. The van der Waals surface area contributed by atoms with E-state index in [9.17, 15) is 9.00 Å². The smallest absolute Gasteiger partial charge is 0.346 e. The van der Waals surface area contributed by atoms with Crippen molar-refractivity contribution in [3.05, 3.63) is 21.9 Å². The SMILES string of the molecule is CC(C)C(C)S(=O)Cc1ccsc1C(=O)O. The molecule has 0 aliphatic heterocycles. The molecule has 1 aromatic rings. The van der Waals surface area contributed by atoms with E-state index in [-0.39, 0.29) is 5.25 Å². The third-order valence-corrected chi connectivity index (χ3v) is 5.51. The Bertz CT molecular complexity index is 396. The number of thiophene rings is 1. The van der Waals surface area contributed by atoms with Crippen molar-refractivity contribution in [2.24, 2.45) is 5.92 Å². The zero-order chi connectivity index (χ0) is 12.3. The number of hydrogen-bond acceptors (Lipinski definition) is 3. The number of carbonyl (C=O) groups is 1. The molecule has 0 saturated heterocycles. The van der Waals surface area contributed by atoms with Crippen molar-refractivity contribution in [1.29, 1.82) is 0 Å². The molecule has 0 aliphatic carbocycles. The molecule has 5 heteroatoms. The van der Waals surface area contributed by atoms with Crippen LogP contribution in [0.25, 0.3) is 0 Å². The first-order valence-corrected chi connectivity index (χ1v) is 7.36. The second-order valence-electron chi connectivity index (χ2n) is 4.05. The molecule has 3 nitrogen and oxygen atoms in total. The molecule has 1 heterocycles. The summed E-state index contributed by atoms with van der Waals surface area (Å²) in [6, 6.07) is 1.75. The molecule has 1 N–H and O–H groups in total. The number of aromatic carboxylic acids is 1. The summed E-state index contributed by atoms with van der Waals surface area (Å²) in [5.41, 5.74) is 0.684. The van der Waals surface area contributed by atoms with Gasteiger partial charge in [0.15, 0.2) is 0 Å². The zero-order valence-corrected chi connectivity index (χ0v) is 11.2. The van der Waals surface area contributed by atoms with Gasteiger partial charge in [0.2, 0.25) is 0 Å². The van der Waals surface area contributed by atoms with Crippen molar-refractivity contribution in [1.82, 2.24) is 0 Å². The van der Waals surface area contributed by atoms with Crippen molar-refractivity contribution in [2.45, 2.75) is 31.8 Å². The lowest BCUT2D eigenvalue weighted by Gasteiger charge is -2.14. The van der Waals surface area contributed by atoms with E-state index in [2.05, 4.69) is 0 Å². The van der Waals surface area contributed by atoms with Crippen molar-refractivity contribution in [3.8, 4) is 0 Å². The summed E-state index contributed by atoms with van der Waals surface area (Å²) in [4.78, 5) is 11.2. The molecule has 0 fully saturated rings. The van der Waals surface area contributed by atoms with Gasteiger partial charge in [-0.3, -0.25) is 4.21 Å². The molecule has 16 heavy (non-hydrogen) atoms. The predicted molar refractivity (Wildman–Crippen MR) is 67.4 cm³/mol. The Kier molecular flexibility index (Phi) is 4.68. The maximum atomic E-state index is 11.9. The number of carboxylic acid groups (broad SMARTS) is 1. The first-order chi connectivity index (χ1) is 7.43. The average Bonchev–Trinajstić information content (AvgIpc) is 2.64. The first kappa shape index (κ1) is 13.4. The topological polar surface area (TPSA) is 54.4 Å². The summed E-state index contributed by atoms with van der Waals surface area (Å²) in [6.07, 6.45) is 0. The maximum absolute atomic E-state index is 11.9. The molecule has 90 valence electrons. The molecule has 0 spiro atoms. The highest BCUT2D eigenvalue weighted by Gasteiger charge is 2.19. The highest BCUT2D eigenvalue weighted by atomic mass is 32.2. The molecule has 2 atom stereocenters. The van der Waals surface area contributed by atoms with Crippen LogP contribution in [0.15, 0.2) is 11.4 Å². The second-order valence-corrected chi connectivity index (χ2v) is 6.76. The third kappa shape index (κ3) is 3.15. The molecular formula is C11H16O3S2. The van der Waals surface area contributed by atoms with E-state index in [1.807, 2.05) is 20.8 Å². The molecule has 0 saturated carbocycles.